The molecule has 0 unspecified atom stereocenters. The molecule has 0 atom stereocenters. The van der Waals surface area contributed by atoms with Gasteiger partial charge in [0.2, 0.25) is 0 Å². The van der Waals surface area contributed by atoms with Gasteiger partial charge in [0, 0.05) is 25.8 Å². The molecule has 2 nitrogen and oxygen atoms in total. The van der Waals surface area contributed by atoms with Crippen molar-refractivity contribution in [3.8, 4) is 0 Å². The van der Waals surface area contributed by atoms with Crippen LogP contribution < -0.4 is 10.2 Å². The molecule has 0 fully saturated rings. The van der Waals surface area contributed by atoms with Gasteiger partial charge in [0.1, 0.15) is 0 Å². The largest absolute Gasteiger partial charge is 0.375 e. The Bertz CT molecular complexity index is 549. The second kappa shape index (κ2) is 7.84. The summed E-state index contributed by atoms with van der Waals surface area (Å²) in [6, 6.07) is 17.2. The Kier molecular flexibility index (Phi) is 5.82. The molecule has 0 spiro atoms. The van der Waals surface area contributed by atoms with Gasteiger partial charge in [-0.25, -0.2) is 0 Å². The minimum Gasteiger partial charge on any atom is -0.375 e. The summed E-state index contributed by atoms with van der Waals surface area (Å²) in [6.07, 6.45) is 1.15. The predicted molar refractivity (Wildman–Crippen MR) is 92.0 cm³/mol. The molecule has 2 aromatic rings. The van der Waals surface area contributed by atoms with E-state index in [1.54, 1.807) is 0 Å². The Hall–Kier alpha value is -1.80. The van der Waals surface area contributed by atoms with Crippen LogP contribution in [-0.2, 0) is 6.54 Å². The lowest BCUT2D eigenvalue weighted by molar-refractivity contribution is 0.644. The smallest absolute Gasteiger partial charge is 0.0363 e. The Morgan fingerprint density at radius 2 is 1.76 bits per heavy atom. The molecular weight excluding hydrogens is 256 g/mol. The van der Waals surface area contributed by atoms with E-state index in [0.29, 0.717) is 0 Å². The third kappa shape index (κ3) is 4.91. The number of hydrogen-bond donors (Lipinski definition) is 1. The van der Waals surface area contributed by atoms with E-state index in [1.807, 2.05) is 0 Å². The molecule has 0 aliphatic carbocycles. The van der Waals surface area contributed by atoms with E-state index >= 15 is 0 Å². The molecule has 0 saturated heterocycles. The van der Waals surface area contributed by atoms with Crippen LogP contribution in [0, 0.1) is 13.8 Å². The van der Waals surface area contributed by atoms with Gasteiger partial charge in [-0.05, 0) is 50.1 Å². The van der Waals surface area contributed by atoms with Crippen molar-refractivity contribution in [2.45, 2.75) is 26.8 Å². The van der Waals surface area contributed by atoms with E-state index in [4.69, 9.17) is 0 Å². The van der Waals surface area contributed by atoms with Gasteiger partial charge < -0.3 is 10.2 Å². The molecule has 0 radical (unpaired) electrons. The highest BCUT2D eigenvalue weighted by molar-refractivity contribution is 5.44. The fourth-order valence-corrected chi connectivity index (χ4v) is 2.47. The van der Waals surface area contributed by atoms with Crippen molar-refractivity contribution in [3.05, 3.63) is 65.2 Å². The van der Waals surface area contributed by atoms with E-state index in [1.165, 1.54) is 22.4 Å². The maximum atomic E-state index is 3.55. The summed E-state index contributed by atoms with van der Waals surface area (Å²) < 4.78 is 0. The second-order valence-electron chi connectivity index (χ2n) is 5.72. The third-order valence-corrected chi connectivity index (χ3v) is 3.86. The van der Waals surface area contributed by atoms with Crippen molar-refractivity contribution in [2.75, 3.05) is 25.0 Å². The summed E-state index contributed by atoms with van der Waals surface area (Å²) in [5.74, 6) is 0. The number of hydrogen-bond acceptors (Lipinski definition) is 2. The molecule has 0 aromatic heterocycles. The van der Waals surface area contributed by atoms with Crippen LogP contribution >= 0.6 is 0 Å². The number of aryl methyl sites for hydroxylation is 2. The minimum absolute atomic E-state index is 0.961. The number of para-hydroxylation sites is 1. The quantitative estimate of drug-likeness (QED) is 0.774. The Balaban J connectivity index is 1.69. The molecule has 0 heterocycles. The summed E-state index contributed by atoms with van der Waals surface area (Å²) in [4.78, 5) is 2.31. The normalized spacial score (nSPS) is 10.6. The topological polar surface area (TPSA) is 15.3 Å². The molecule has 0 amide bonds. The summed E-state index contributed by atoms with van der Waals surface area (Å²) in [6.45, 7) is 7.41. The second-order valence-corrected chi connectivity index (χ2v) is 5.72. The third-order valence-electron chi connectivity index (χ3n) is 3.86. The van der Waals surface area contributed by atoms with Gasteiger partial charge in [0.15, 0.2) is 0 Å². The Labute approximate surface area is 128 Å². The molecule has 0 bridgehead atoms. The summed E-state index contributed by atoms with van der Waals surface area (Å²) in [7, 11) is 2.15. The van der Waals surface area contributed by atoms with E-state index in [0.717, 1.165) is 26.1 Å². The summed E-state index contributed by atoms with van der Waals surface area (Å²) in [5.41, 5.74) is 5.40. The van der Waals surface area contributed by atoms with Gasteiger partial charge in [-0.15, -0.1) is 0 Å². The molecule has 1 N–H and O–H groups in total. The van der Waals surface area contributed by atoms with Crippen LogP contribution in [0.3, 0.4) is 0 Å². The van der Waals surface area contributed by atoms with Gasteiger partial charge in [0.25, 0.3) is 0 Å². The van der Waals surface area contributed by atoms with Crippen molar-refractivity contribution in [3.63, 3.8) is 0 Å². The standard InChI is InChI=1S/C19H26N2/c1-16-10-11-17(2)18(14-16)15-20-12-7-13-21(3)19-8-5-4-6-9-19/h4-6,8-11,14,20H,7,12-13,15H2,1-3H3. The van der Waals surface area contributed by atoms with Crippen molar-refractivity contribution in [1.29, 1.82) is 0 Å². The maximum absolute atomic E-state index is 3.55. The molecule has 0 aliphatic rings. The first kappa shape index (κ1) is 15.6. The van der Waals surface area contributed by atoms with E-state index in [2.05, 4.69) is 79.6 Å². The highest BCUT2D eigenvalue weighted by atomic mass is 15.1. The zero-order valence-corrected chi connectivity index (χ0v) is 13.4. The summed E-state index contributed by atoms with van der Waals surface area (Å²) >= 11 is 0. The predicted octanol–water partition coefficient (Wildman–Crippen LogP) is 3.92. The molecule has 0 saturated carbocycles. The Morgan fingerprint density at radius 3 is 2.52 bits per heavy atom. The van der Waals surface area contributed by atoms with Crippen LogP contribution in [-0.4, -0.2) is 20.1 Å². The molecule has 112 valence electrons. The SMILES string of the molecule is Cc1ccc(C)c(CNCCCN(C)c2ccccc2)c1. The lowest BCUT2D eigenvalue weighted by Crippen LogP contribution is -2.23. The molecule has 21 heavy (non-hydrogen) atoms. The van der Waals surface area contributed by atoms with Crippen LogP contribution in [0.5, 0.6) is 0 Å². The van der Waals surface area contributed by atoms with Gasteiger partial charge in [-0.2, -0.15) is 0 Å². The van der Waals surface area contributed by atoms with Gasteiger partial charge in [0.05, 0.1) is 0 Å². The van der Waals surface area contributed by atoms with E-state index in [9.17, 15) is 0 Å². The van der Waals surface area contributed by atoms with Crippen LogP contribution in [0.1, 0.15) is 23.1 Å². The first-order valence-corrected chi connectivity index (χ1v) is 7.70. The number of benzene rings is 2. The van der Waals surface area contributed by atoms with E-state index in [-0.39, 0.29) is 0 Å². The average molecular weight is 282 g/mol. The van der Waals surface area contributed by atoms with E-state index < -0.39 is 0 Å². The highest BCUT2D eigenvalue weighted by Gasteiger charge is 2.00. The minimum atomic E-state index is 0.961. The van der Waals surface area contributed by atoms with Crippen molar-refractivity contribution in [1.82, 2.24) is 5.32 Å². The fraction of sp³-hybridized carbons (Fsp3) is 0.368. The molecule has 2 aromatic carbocycles. The van der Waals surface area contributed by atoms with Crippen molar-refractivity contribution in [2.24, 2.45) is 0 Å². The lowest BCUT2D eigenvalue weighted by atomic mass is 10.1. The van der Waals surface area contributed by atoms with Gasteiger partial charge >= 0.3 is 0 Å². The zero-order valence-electron chi connectivity index (χ0n) is 13.4. The number of nitrogens with zero attached hydrogens (tertiary/aromatic N) is 1. The van der Waals surface area contributed by atoms with Crippen LogP contribution in [0.2, 0.25) is 0 Å². The molecule has 2 heteroatoms. The lowest BCUT2D eigenvalue weighted by Gasteiger charge is -2.19. The molecular formula is C19H26N2. The average Bonchev–Trinajstić information content (AvgIpc) is 2.51. The fourth-order valence-electron chi connectivity index (χ4n) is 2.47. The Morgan fingerprint density at radius 1 is 1.00 bits per heavy atom. The van der Waals surface area contributed by atoms with Gasteiger partial charge in [-0.1, -0.05) is 42.0 Å². The first-order chi connectivity index (χ1) is 10.2. The monoisotopic (exact) mass is 282 g/mol. The van der Waals surface area contributed by atoms with Crippen LogP contribution in [0.4, 0.5) is 5.69 Å². The molecule has 0 aliphatic heterocycles. The maximum Gasteiger partial charge on any atom is 0.0363 e. The van der Waals surface area contributed by atoms with Gasteiger partial charge in [-0.3, -0.25) is 0 Å². The van der Waals surface area contributed by atoms with Crippen LogP contribution in [0.15, 0.2) is 48.5 Å². The summed E-state index contributed by atoms with van der Waals surface area (Å²) in [5, 5.41) is 3.55. The highest BCUT2D eigenvalue weighted by Crippen LogP contribution is 2.11. The molecule has 2 rings (SSSR count). The van der Waals surface area contributed by atoms with Crippen LogP contribution in [0.25, 0.3) is 0 Å². The van der Waals surface area contributed by atoms with Crippen molar-refractivity contribution >= 4 is 5.69 Å². The number of nitrogens with one attached hydrogen (secondary N) is 1. The number of rotatable bonds is 7. The van der Waals surface area contributed by atoms with Crippen molar-refractivity contribution < 1.29 is 0 Å². The first-order valence-electron chi connectivity index (χ1n) is 7.70. The zero-order chi connectivity index (χ0) is 15.1. The number of anilines is 1.